The number of amides is 2. The summed E-state index contributed by atoms with van der Waals surface area (Å²) in [4.78, 5) is 26.2. The topological polar surface area (TPSA) is 61.4 Å². The highest BCUT2D eigenvalue weighted by Crippen LogP contribution is 2.27. The minimum Gasteiger partial charge on any atom is -0.353 e. The number of rotatable bonds is 6. The molecule has 1 fully saturated rings. The highest BCUT2D eigenvalue weighted by molar-refractivity contribution is 7.99. The average molecular weight is 338 g/mol. The molecule has 2 N–H and O–H groups in total. The molecule has 1 heterocycles. The van der Waals surface area contributed by atoms with E-state index in [1.54, 1.807) is 16.7 Å². The van der Waals surface area contributed by atoms with E-state index < -0.39 is 5.41 Å². The molecule has 0 aromatic carbocycles. The van der Waals surface area contributed by atoms with Gasteiger partial charge in [0.2, 0.25) is 11.8 Å². The lowest BCUT2D eigenvalue weighted by Gasteiger charge is -2.29. The molecule has 1 aliphatic heterocycles. The van der Waals surface area contributed by atoms with Gasteiger partial charge in [0.25, 0.3) is 0 Å². The van der Waals surface area contributed by atoms with Crippen molar-refractivity contribution >= 4 is 36.0 Å². The summed E-state index contributed by atoms with van der Waals surface area (Å²) in [5.74, 6) is 1.32. The summed E-state index contributed by atoms with van der Waals surface area (Å²) in [5, 5.41) is 6.15. The van der Waals surface area contributed by atoms with Crippen LogP contribution in [-0.2, 0) is 9.59 Å². The smallest absolute Gasteiger partial charge is 0.243 e. The lowest BCUT2D eigenvalue weighted by molar-refractivity contribution is -0.144. The van der Waals surface area contributed by atoms with Crippen molar-refractivity contribution in [1.29, 1.82) is 0 Å². The van der Waals surface area contributed by atoms with Crippen molar-refractivity contribution in [1.82, 2.24) is 15.5 Å². The number of carbonyl (C=O) groups is 2. The summed E-state index contributed by atoms with van der Waals surface area (Å²) in [6.07, 6.45) is 1.08. The molecule has 1 rings (SSSR count). The van der Waals surface area contributed by atoms with Gasteiger partial charge in [0.05, 0.1) is 5.88 Å². The van der Waals surface area contributed by atoms with E-state index in [9.17, 15) is 9.59 Å². The first kappa shape index (κ1) is 20.5. The first-order valence-electron chi connectivity index (χ1n) is 7.25. The monoisotopic (exact) mass is 337 g/mol. The number of carbonyl (C=O) groups excluding carboxylic acids is 2. The number of halogens is 1. The fraction of sp³-hybridized carbons (Fsp3) is 0.857. The third-order valence-electron chi connectivity index (χ3n) is 3.12. The zero-order valence-electron chi connectivity index (χ0n) is 13.4. The minimum absolute atomic E-state index is 0. The molecule has 0 aromatic rings. The Hall–Kier alpha value is -0.460. The van der Waals surface area contributed by atoms with Gasteiger partial charge >= 0.3 is 0 Å². The summed E-state index contributed by atoms with van der Waals surface area (Å²) in [7, 11) is 0. The molecular weight excluding hydrogens is 310 g/mol. The van der Waals surface area contributed by atoms with E-state index in [0.29, 0.717) is 18.2 Å². The summed E-state index contributed by atoms with van der Waals surface area (Å²) < 4.78 is 0. The van der Waals surface area contributed by atoms with Crippen LogP contribution in [0.15, 0.2) is 0 Å². The molecule has 21 heavy (non-hydrogen) atoms. The lowest BCUT2D eigenvalue weighted by Crippen LogP contribution is -2.51. The minimum atomic E-state index is -0.438. The van der Waals surface area contributed by atoms with E-state index in [1.165, 1.54) is 0 Å². The zero-order chi connectivity index (χ0) is 15.2. The average Bonchev–Trinajstić information content (AvgIpc) is 2.85. The molecule has 0 bridgehead atoms. The Morgan fingerprint density at radius 3 is 2.48 bits per heavy atom. The first-order valence-corrected chi connectivity index (χ1v) is 8.40. The number of nitrogens with one attached hydrogen (secondary N) is 2. The predicted molar refractivity (Wildman–Crippen MR) is 90.8 cm³/mol. The molecule has 1 saturated heterocycles. The van der Waals surface area contributed by atoms with Crippen LogP contribution >= 0.6 is 24.2 Å². The van der Waals surface area contributed by atoms with Crippen molar-refractivity contribution in [3.8, 4) is 0 Å². The van der Waals surface area contributed by atoms with Crippen molar-refractivity contribution in [2.75, 3.05) is 31.3 Å². The molecule has 0 spiro atoms. The van der Waals surface area contributed by atoms with Gasteiger partial charge in [-0.25, -0.2) is 0 Å². The summed E-state index contributed by atoms with van der Waals surface area (Å²) in [5.41, 5.74) is -0.438. The third-order valence-corrected chi connectivity index (χ3v) is 4.13. The van der Waals surface area contributed by atoms with E-state index in [4.69, 9.17) is 0 Å². The van der Waals surface area contributed by atoms with Crippen LogP contribution in [-0.4, -0.2) is 54.0 Å². The number of hydrogen-bond donors (Lipinski definition) is 2. The van der Waals surface area contributed by atoms with Crippen LogP contribution in [0.3, 0.4) is 0 Å². The molecule has 2 amide bonds. The molecule has 0 aromatic heterocycles. The number of hydrogen-bond acceptors (Lipinski definition) is 4. The van der Waals surface area contributed by atoms with E-state index >= 15 is 0 Å². The molecule has 1 atom stereocenters. The Labute approximate surface area is 138 Å². The second-order valence-corrected chi connectivity index (χ2v) is 7.08. The van der Waals surface area contributed by atoms with Crippen LogP contribution in [0.4, 0.5) is 0 Å². The van der Waals surface area contributed by atoms with Gasteiger partial charge in [0.1, 0.15) is 6.04 Å². The van der Waals surface area contributed by atoms with Crippen LogP contribution in [0.2, 0.25) is 0 Å². The van der Waals surface area contributed by atoms with Crippen molar-refractivity contribution in [2.45, 2.75) is 40.2 Å². The van der Waals surface area contributed by atoms with Crippen molar-refractivity contribution in [3.63, 3.8) is 0 Å². The van der Waals surface area contributed by atoms with E-state index in [2.05, 4.69) is 17.6 Å². The molecular formula is C14H28ClN3O2S. The Morgan fingerprint density at radius 1 is 1.24 bits per heavy atom. The van der Waals surface area contributed by atoms with Gasteiger partial charge in [0, 0.05) is 24.3 Å². The van der Waals surface area contributed by atoms with Crippen LogP contribution in [0, 0.1) is 5.41 Å². The highest BCUT2D eigenvalue weighted by atomic mass is 35.5. The lowest BCUT2D eigenvalue weighted by atomic mass is 9.94. The molecule has 1 aliphatic rings. The van der Waals surface area contributed by atoms with Gasteiger partial charge in [-0.1, -0.05) is 27.7 Å². The van der Waals surface area contributed by atoms with Crippen molar-refractivity contribution < 1.29 is 9.59 Å². The fourth-order valence-corrected chi connectivity index (χ4v) is 3.14. The Balaban J connectivity index is 0.00000400. The maximum atomic E-state index is 12.3. The van der Waals surface area contributed by atoms with Gasteiger partial charge in [-0.15, -0.1) is 24.2 Å². The summed E-state index contributed by atoms with van der Waals surface area (Å²) in [6, 6.07) is -0.321. The SMILES string of the molecule is CCCNCCNC(=O)C1CSCN1C(=O)C(C)(C)C.Cl. The first-order chi connectivity index (χ1) is 9.38. The van der Waals surface area contributed by atoms with Crippen LogP contribution in [0.5, 0.6) is 0 Å². The van der Waals surface area contributed by atoms with Gasteiger partial charge < -0.3 is 15.5 Å². The molecule has 5 nitrogen and oxygen atoms in total. The van der Waals surface area contributed by atoms with E-state index in [0.717, 1.165) is 19.5 Å². The van der Waals surface area contributed by atoms with Gasteiger partial charge in [0.15, 0.2) is 0 Å². The summed E-state index contributed by atoms with van der Waals surface area (Å²) >= 11 is 1.64. The second kappa shape index (κ2) is 9.54. The molecule has 124 valence electrons. The fourth-order valence-electron chi connectivity index (χ4n) is 1.98. The van der Waals surface area contributed by atoms with Gasteiger partial charge in [-0.2, -0.15) is 0 Å². The highest BCUT2D eigenvalue weighted by Gasteiger charge is 2.38. The maximum Gasteiger partial charge on any atom is 0.243 e. The molecule has 0 saturated carbocycles. The molecule has 1 unspecified atom stereocenters. The van der Waals surface area contributed by atoms with E-state index in [-0.39, 0.29) is 30.3 Å². The number of thioether (sulfide) groups is 1. The third kappa shape index (κ3) is 6.45. The molecule has 0 radical (unpaired) electrons. The molecule has 7 heteroatoms. The van der Waals surface area contributed by atoms with Crippen molar-refractivity contribution in [3.05, 3.63) is 0 Å². The Kier molecular flexibility index (Phi) is 9.33. The second-order valence-electron chi connectivity index (χ2n) is 6.08. The van der Waals surface area contributed by atoms with Gasteiger partial charge in [-0.05, 0) is 13.0 Å². The standard InChI is InChI=1S/C14H27N3O2S.ClH/c1-5-6-15-7-8-16-12(18)11-9-20-10-17(11)13(19)14(2,3)4;/h11,15H,5-10H2,1-4H3,(H,16,18);1H. The Bertz CT molecular complexity index is 348. The largest absolute Gasteiger partial charge is 0.353 e. The Morgan fingerprint density at radius 2 is 1.90 bits per heavy atom. The quantitative estimate of drug-likeness (QED) is 0.721. The normalized spacial score (nSPS) is 18.3. The van der Waals surface area contributed by atoms with Crippen LogP contribution in [0.25, 0.3) is 0 Å². The van der Waals surface area contributed by atoms with Crippen LogP contribution < -0.4 is 10.6 Å². The zero-order valence-corrected chi connectivity index (χ0v) is 15.0. The van der Waals surface area contributed by atoms with Crippen molar-refractivity contribution in [2.24, 2.45) is 5.41 Å². The maximum absolute atomic E-state index is 12.3. The number of nitrogens with zero attached hydrogens (tertiary/aromatic N) is 1. The summed E-state index contributed by atoms with van der Waals surface area (Å²) in [6.45, 7) is 10.1. The van der Waals surface area contributed by atoms with Crippen LogP contribution in [0.1, 0.15) is 34.1 Å². The van der Waals surface area contributed by atoms with E-state index in [1.807, 2.05) is 20.8 Å². The predicted octanol–water partition coefficient (Wildman–Crippen LogP) is 1.47. The van der Waals surface area contributed by atoms with Gasteiger partial charge in [-0.3, -0.25) is 9.59 Å². The molecule has 0 aliphatic carbocycles.